The molecule has 1 N–H and O–H groups in total. The third kappa shape index (κ3) is 7.84. The average Bonchev–Trinajstić information content (AvgIpc) is 2.09. The third-order valence-corrected chi connectivity index (χ3v) is 4.50. The van der Waals surface area contributed by atoms with Crippen molar-refractivity contribution in [3.8, 4) is 0 Å². The predicted octanol–water partition coefficient (Wildman–Crippen LogP) is 3.02. The van der Waals surface area contributed by atoms with Crippen LogP contribution < -0.4 is 0 Å². The zero-order chi connectivity index (χ0) is 11.0. The van der Waals surface area contributed by atoms with E-state index >= 15 is 0 Å². The van der Waals surface area contributed by atoms with Crippen molar-refractivity contribution in [2.45, 2.75) is 55.5 Å². The zero-order valence-electron chi connectivity index (χ0n) is 9.75. The molecule has 0 aromatic carbocycles. The Morgan fingerprint density at radius 2 is 2.00 bits per heavy atom. The quantitative estimate of drug-likeness (QED) is 0.569. The van der Waals surface area contributed by atoms with Crippen molar-refractivity contribution in [2.75, 3.05) is 0 Å². The summed E-state index contributed by atoms with van der Waals surface area (Å²) in [5, 5.41) is 7.42. The molecule has 78 valence electrons. The summed E-state index contributed by atoms with van der Waals surface area (Å²) < 4.78 is 1.19. The van der Waals surface area contributed by atoms with Crippen LogP contribution in [0.3, 0.4) is 0 Å². The molecule has 0 amide bonds. The molecule has 2 atom stereocenters. The number of aliphatic carboxylic acids is 1. The molecular formula is C11H21NaO2. The van der Waals surface area contributed by atoms with Crippen LogP contribution in [0.4, 0.5) is 0 Å². The monoisotopic (exact) mass is 208 g/mol. The van der Waals surface area contributed by atoms with E-state index in [1.54, 1.807) is 19.3 Å². The summed E-state index contributed by atoms with van der Waals surface area (Å²) >= 11 is 1.46. The molecule has 0 aromatic heterocycles. The van der Waals surface area contributed by atoms with Gasteiger partial charge in [-0.1, -0.05) is 0 Å². The van der Waals surface area contributed by atoms with E-state index in [4.69, 9.17) is 9.90 Å². The molecule has 0 radical (unpaired) electrons. The molecule has 1 saturated carbocycles. The van der Waals surface area contributed by atoms with Gasteiger partial charge < -0.3 is 5.11 Å². The minimum atomic E-state index is -0.833. The summed E-state index contributed by atoms with van der Waals surface area (Å²) in [6.07, 6.45) is 9.01. The Hall–Kier alpha value is 0.470. The molecule has 0 spiro atoms. The first-order valence-corrected chi connectivity index (χ1v) is 6.92. The average molecular weight is 208 g/mol. The Bertz CT molecular complexity index is 155. The summed E-state index contributed by atoms with van der Waals surface area (Å²) in [5.41, 5.74) is 0. The summed E-state index contributed by atoms with van der Waals surface area (Å²) in [5.74, 6) is 0.332. The van der Waals surface area contributed by atoms with Gasteiger partial charge in [0.25, 0.3) is 5.97 Å². The standard InChI is InChI=1S/C9H17.C2H4O2.Na/c1-2-3-4-6-9-7-5-8-9;1-2(3)4;/h7,9H,2-6,8H2,1H3;1H3,(H,3,4);. The molecule has 0 heterocycles. The Balaban J connectivity index is 0.000000364. The van der Waals surface area contributed by atoms with Crippen molar-refractivity contribution in [3.05, 3.63) is 0 Å². The Morgan fingerprint density at radius 1 is 1.43 bits per heavy atom. The van der Waals surface area contributed by atoms with Gasteiger partial charge in [-0.3, -0.25) is 4.79 Å². The van der Waals surface area contributed by atoms with Crippen LogP contribution >= 0.6 is 0 Å². The van der Waals surface area contributed by atoms with Crippen LogP contribution in [-0.4, -0.2) is 39.0 Å². The molecule has 1 rings (SSSR count). The third-order valence-electron chi connectivity index (χ3n) is 2.98. The van der Waals surface area contributed by atoms with Gasteiger partial charge >= 0.3 is 82.5 Å². The normalized spacial score (nSPS) is 24.6. The fourth-order valence-corrected chi connectivity index (χ4v) is 2.82. The van der Waals surface area contributed by atoms with E-state index < -0.39 is 5.97 Å². The van der Waals surface area contributed by atoms with E-state index in [-0.39, 0.29) is 0 Å². The van der Waals surface area contributed by atoms with Crippen LogP contribution in [0.2, 0.25) is 3.17 Å². The molecule has 1 fully saturated rings. The zero-order valence-corrected chi connectivity index (χ0v) is 11.8. The van der Waals surface area contributed by atoms with Gasteiger partial charge in [-0.25, -0.2) is 0 Å². The molecule has 2 unspecified atom stereocenters. The van der Waals surface area contributed by atoms with Crippen molar-refractivity contribution in [1.29, 1.82) is 0 Å². The van der Waals surface area contributed by atoms with Gasteiger partial charge in [0.05, 0.1) is 0 Å². The van der Waals surface area contributed by atoms with Crippen molar-refractivity contribution in [1.82, 2.24) is 0 Å². The number of unbranched alkanes of at least 4 members (excludes halogenated alkanes) is 2. The first-order valence-electron chi connectivity index (χ1n) is 5.77. The van der Waals surface area contributed by atoms with Gasteiger partial charge in [0.1, 0.15) is 0 Å². The topological polar surface area (TPSA) is 37.3 Å². The summed E-state index contributed by atoms with van der Waals surface area (Å²) in [4.78, 5) is 9.00. The van der Waals surface area contributed by atoms with Gasteiger partial charge in [-0.15, -0.1) is 0 Å². The van der Waals surface area contributed by atoms with E-state index in [0.717, 1.165) is 6.92 Å². The fraction of sp³-hybridized carbons (Fsp3) is 0.909. The van der Waals surface area contributed by atoms with Gasteiger partial charge in [0.15, 0.2) is 0 Å². The van der Waals surface area contributed by atoms with Gasteiger partial charge in [-0.2, -0.15) is 0 Å². The van der Waals surface area contributed by atoms with E-state index in [1.165, 1.54) is 56.3 Å². The summed E-state index contributed by atoms with van der Waals surface area (Å²) in [6.45, 7) is 3.37. The van der Waals surface area contributed by atoms with Crippen LogP contribution in [0.1, 0.15) is 52.4 Å². The van der Waals surface area contributed by atoms with Crippen molar-refractivity contribution < 1.29 is 9.90 Å². The van der Waals surface area contributed by atoms with Crippen molar-refractivity contribution in [2.24, 2.45) is 5.92 Å². The second-order valence-corrected chi connectivity index (χ2v) is 5.81. The fourth-order valence-electron chi connectivity index (χ4n) is 1.82. The molecule has 0 bridgehead atoms. The number of carboxylic acids is 1. The van der Waals surface area contributed by atoms with Gasteiger partial charge in [-0.05, 0) is 0 Å². The number of hydrogen-bond donors (Lipinski definition) is 1. The van der Waals surface area contributed by atoms with E-state index in [0.29, 0.717) is 0 Å². The summed E-state index contributed by atoms with van der Waals surface area (Å²) in [6, 6.07) is 0. The van der Waals surface area contributed by atoms with Crippen LogP contribution in [0.15, 0.2) is 0 Å². The Labute approximate surface area is 105 Å². The molecule has 14 heavy (non-hydrogen) atoms. The number of carbonyl (C=O) groups is 1. The van der Waals surface area contributed by atoms with Gasteiger partial charge in [0, 0.05) is 6.92 Å². The molecule has 0 aromatic rings. The molecule has 2 nitrogen and oxygen atoms in total. The number of rotatable bonds is 4. The maximum atomic E-state index is 9.00. The maximum absolute atomic E-state index is 9.00. The van der Waals surface area contributed by atoms with E-state index in [2.05, 4.69) is 6.92 Å². The molecule has 3 heteroatoms. The second kappa shape index (κ2) is 8.75. The minimum absolute atomic E-state index is 0.833. The van der Waals surface area contributed by atoms with Crippen LogP contribution in [0, 0.1) is 5.92 Å². The van der Waals surface area contributed by atoms with Crippen LogP contribution in [0.5, 0.6) is 0 Å². The first kappa shape index (κ1) is 14.5. The molecule has 1 aliphatic rings. The molecule has 0 aliphatic heterocycles. The summed E-state index contributed by atoms with van der Waals surface area (Å²) in [7, 11) is 0. The molecule has 0 saturated heterocycles. The van der Waals surface area contributed by atoms with Gasteiger partial charge in [0.2, 0.25) is 0 Å². The Kier molecular flexibility index (Phi) is 9.05. The van der Waals surface area contributed by atoms with Crippen LogP contribution in [0.25, 0.3) is 0 Å². The van der Waals surface area contributed by atoms with Crippen molar-refractivity contribution >= 4 is 33.9 Å². The molecule has 1 aliphatic carbocycles. The molecular weight excluding hydrogens is 187 g/mol. The van der Waals surface area contributed by atoms with E-state index in [9.17, 15) is 0 Å². The number of carboxylic acid groups (broad SMARTS) is 1. The SMILES string of the molecule is CC(=O)O.CCCCCC1CC[CH]1[Na]. The second-order valence-electron chi connectivity index (χ2n) is 4.33. The van der Waals surface area contributed by atoms with Crippen LogP contribution in [-0.2, 0) is 4.79 Å². The van der Waals surface area contributed by atoms with Crippen molar-refractivity contribution in [3.63, 3.8) is 0 Å². The Morgan fingerprint density at radius 3 is 2.29 bits per heavy atom. The van der Waals surface area contributed by atoms with E-state index in [1.807, 2.05) is 0 Å². The number of hydrogen-bond acceptors (Lipinski definition) is 1. The predicted molar refractivity (Wildman–Crippen MR) is 59.7 cm³/mol. The first-order chi connectivity index (χ1) is 6.57.